The Kier molecular flexibility index (Phi) is 3.33. The lowest BCUT2D eigenvalue weighted by molar-refractivity contribution is -0.192. The van der Waals surface area contributed by atoms with Crippen molar-refractivity contribution in [2.75, 3.05) is 13.1 Å². The third kappa shape index (κ3) is 3.15. The van der Waals surface area contributed by atoms with Crippen LogP contribution >= 0.6 is 0 Å². The van der Waals surface area contributed by atoms with Crippen LogP contribution in [0.2, 0.25) is 0 Å². The van der Waals surface area contributed by atoms with Gasteiger partial charge in [-0.05, 0) is 0 Å². The molecule has 0 amide bonds. The van der Waals surface area contributed by atoms with Crippen molar-refractivity contribution in [1.82, 2.24) is 5.32 Å². The maximum absolute atomic E-state index is 10.6. The Morgan fingerprint density at radius 3 is 1.79 bits per heavy atom. The lowest BCUT2D eigenvalue weighted by Crippen LogP contribution is -2.55. The van der Waals surface area contributed by atoms with E-state index in [2.05, 4.69) is 5.32 Å². The van der Waals surface area contributed by atoms with Crippen molar-refractivity contribution in [3.63, 3.8) is 0 Å². The molecule has 0 spiro atoms. The number of carbonyl (C=O) groups is 1. The molecule has 0 aromatic rings. The Morgan fingerprint density at radius 2 is 1.71 bits per heavy atom. The number of nitrogens with one attached hydrogen (secondary N) is 1. The van der Waals surface area contributed by atoms with Crippen LogP contribution in [-0.4, -0.2) is 42.5 Å². The highest BCUT2D eigenvalue weighted by Crippen LogP contribution is 2.22. The number of hydrogen-bond donors (Lipinski definition) is 2. The molecule has 2 bridgehead atoms. The predicted molar refractivity (Wildman–Crippen MR) is 39.8 cm³/mol. The summed E-state index contributed by atoms with van der Waals surface area (Å²) >= 11 is 0. The minimum atomic E-state index is -5.08. The number of carboxylic acid groups (broad SMARTS) is 1. The first-order chi connectivity index (χ1) is 6.39. The number of aliphatic carboxylic acids is 1. The van der Waals surface area contributed by atoms with Crippen LogP contribution in [0.25, 0.3) is 0 Å². The summed E-state index contributed by atoms with van der Waals surface area (Å²) in [6, 6.07) is 0. The van der Waals surface area contributed by atoms with E-state index in [-0.39, 0.29) is 0 Å². The summed E-state index contributed by atoms with van der Waals surface area (Å²) in [6.45, 7) is 2.16. The van der Waals surface area contributed by atoms with E-state index in [1.54, 1.807) is 0 Å². The van der Waals surface area contributed by atoms with Crippen LogP contribution in [0.5, 0.6) is 0 Å². The Labute approximate surface area is 78.0 Å². The van der Waals surface area contributed by atoms with E-state index in [1.165, 1.54) is 6.42 Å². The molecule has 4 nitrogen and oxygen atoms in total. The molecule has 7 heteroatoms. The summed E-state index contributed by atoms with van der Waals surface area (Å²) in [5.41, 5.74) is 0. The zero-order valence-electron chi connectivity index (χ0n) is 7.17. The SMILES string of the molecule is C1NCC2CC1O2.O=C(O)C(F)(F)F. The molecule has 3 aliphatic heterocycles. The third-order valence-electron chi connectivity index (χ3n) is 1.90. The van der Waals surface area contributed by atoms with E-state index in [1.807, 2.05) is 0 Å². The lowest BCUT2D eigenvalue weighted by atomic mass is 10.0. The van der Waals surface area contributed by atoms with Crippen molar-refractivity contribution in [1.29, 1.82) is 0 Å². The van der Waals surface area contributed by atoms with Crippen LogP contribution in [0.15, 0.2) is 0 Å². The normalized spacial score (nSPS) is 29.6. The van der Waals surface area contributed by atoms with E-state index < -0.39 is 12.1 Å². The first kappa shape index (κ1) is 11.3. The van der Waals surface area contributed by atoms with Gasteiger partial charge in [0.05, 0.1) is 12.2 Å². The molecule has 0 radical (unpaired) electrons. The fraction of sp³-hybridized carbons (Fsp3) is 0.857. The summed E-state index contributed by atoms with van der Waals surface area (Å²) in [5.74, 6) is -2.76. The van der Waals surface area contributed by atoms with Gasteiger partial charge >= 0.3 is 12.1 Å². The number of ether oxygens (including phenoxy) is 1. The van der Waals surface area contributed by atoms with Gasteiger partial charge in [-0.25, -0.2) is 4.79 Å². The van der Waals surface area contributed by atoms with Gasteiger partial charge < -0.3 is 15.2 Å². The Hall–Kier alpha value is -0.820. The van der Waals surface area contributed by atoms with Gasteiger partial charge in [0.15, 0.2) is 0 Å². The van der Waals surface area contributed by atoms with Crippen molar-refractivity contribution < 1.29 is 27.8 Å². The molecule has 0 aliphatic carbocycles. The van der Waals surface area contributed by atoms with Gasteiger partial charge in [0.1, 0.15) is 0 Å². The van der Waals surface area contributed by atoms with Crippen LogP contribution in [0.3, 0.4) is 0 Å². The zero-order valence-corrected chi connectivity index (χ0v) is 7.17. The number of hydrogen-bond acceptors (Lipinski definition) is 3. The van der Waals surface area contributed by atoms with Crippen molar-refractivity contribution >= 4 is 5.97 Å². The molecule has 0 aromatic carbocycles. The molecule has 3 saturated heterocycles. The first-order valence-electron chi connectivity index (χ1n) is 4.06. The molecule has 3 aliphatic rings. The number of alkyl halides is 3. The Balaban J connectivity index is 0.000000140. The largest absolute Gasteiger partial charge is 0.490 e. The molecule has 2 N–H and O–H groups in total. The number of carboxylic acids is 1. The van der Waals surface area contributed by atoms with Gasteiger partial charge in [0, 0.05) is 19.5 Å². The smallest absolute Gasteiger partial charge is 0.475 e. The molecule has 3 rings (SSSR count). The highest BCUT2D eigenvalue weighted by molar-refractivity contribution is 5.73. The maximum atomic E-state index is 10.6. The van der Waals surface area contributed by atoms with Crippen LogP contribution in [0.1, 0.15) is 6.42 Å². The molecule has 2 unspecified atom stereocenters. The second-order valence-corrected chi connectivity index (χ2v) is 3.08. The minimum Gasteiger partial charge on any atom is -0.475 e. The topological polar surface area (TPSA) is 58.6 Å². The van der Waals surface area contributed by atoms with Crippen LogP contribution in [-0.2, 0) is 9.53 Å². The lowest BCUT2D eigenvalue weighted by Gasteiger charge is -2.41. The zero-order chi connectivity index (χ0) is 10.8. The summed E-state index contributed by atoms with van der Waals surface area (Å²) in [5, 5.41) is 10.4. The highest BCUT2D eigenvalue weighted by atomic mass is 19.4. The van der Waals surface area contributed by atoms with E-state index >= 15 is 0 Å². The van der Waals surface area contributed by atoms with Crippen LogP contribution in [0.4, 0.5) is 13.2 Å². The summed E-state index contributed by atoms with van der Waals surface area (Å²) < 4.78 is 37.0. The second-order valence-electron chi connectivity index (χ2n) is 3.08. The van der Waals surface area contributed by atoms with E-state index in [4.69, 9.17) is 14.6 Å². The second kappa shape index (κ2) is 4.14. The monoisotopic (exact) mass is 213 g/mol. The van der Waals surface area contributed by atoms with Gasteiger partial charge in [-0.2, -0.15) is 13.2 Å². The number of rotatable bonds is 0. The predicted octanol–water partition coefficient (Wildman–Crippen LogP) is 0.380. The average molecular weight is 213 g/mol. The maximum Gasteiger partial charge on any atom is 0.490 e. The summed E-state index contributed by atoms with van der Waals surface area (Å²) in [7, 11) is 0. The summed E-state index contributed by atoms with van der Waals surface area (Å²) in [4.78, 5) is 8.90. The van der Waals surface area contributed by atoms with Gasteiger partial charge in [-0.15, -0.1) is 0 Å². The molecule has 14 heavy (non-hydrogen) atoms. The van der Waals surface area contributed by atoms with Crippen molar-refractivity contribution in [3.8, 4) is 0 Å². The molecule has 0 saturated carbocycles. The van der Waals surface area contributed by atoms with Gasteiger partial charge in [0.25, 0.3) is 0 Å². The van der Waals surface area contributed by atoms with E-state index in [0.717, 1.165) is 13.1 Å². The van der Waals surface area contributed by atoms with Gasteiger partial charge in [-0.3, -0.25) is 0 Å². The average Bonchev–Trinajstić information content (AvgIpc) is 2.03. The highest BCUT2D eigenvalue weighted by Gasteiger charge is 2.38. The van der Waals surface area contributed by atoms with Crippen molar-refractivity contribution in [2.24, 2.45) is 0 Å². The summed E-state index contributed by atoms with van der Waals surface area (Å²) in [6.07, 6.45) is -2.65. The van der Waals surface area contributed by atoms with E-state index in [9.17, 15) is 13.2 Å². The number of halogens is 3. The first-order valence-corrected chi connectivity index (χ1v) is 4.06. The minimum absolute atomic E-state index is 0.568. The standard InChI is InChI=1S/C5H9NO.C2HF3O2/c1-4-2-6-3-5(1)7-4;3-2(4,5)1(6)7/h4-6H,1-3H2;(H,6,7). The van der Waals surface area contributed by atoms with Gasteiger partial charge in [0.2, 0.25) is 0 Å². The Morgan fingerprint density at radius 1 is 1.36 bits per heavy atom. The quantitative estimate of drug-likeness (QED) is 0.610. The Bertz CT molecular complexity index is 199. The van der Waals surface area contributed by atoms with Crippen molar-refractivity contribution in [3.05, 3.63) is 0 Å². The number of fused-ring (bicyclic) bond motifs is 2. The molecule has 82 valence electrons. The third-order valence-corrected chi connectivity index (χ3v) is 1.90. The number of piperidine rings is 1. The van der Waals surface area contributed by atoms with Gasteiger partial charge in [-0.1, -0.05) is 0 Å². The molecule has 0 aromatic heterocycles. The van der Waals surface area contributed by atoms with Crippen LogP contribution < -0.4 is 5.32 Å². The van der Waals surface area contributed by atoms with Crippen molar-refractivity contribution in [2.45, 2.75) is 24.8 Å². The fourth-order valence-electron chi connectivity index (χ4n) is 1.22. The number of morpholine rings is 1. The fourth-order valence-corrected chi connectivity index (χ4v) is 1.22. The molecule has 3 fully saturated rings. The molecule has 3 heterocycles. The van der Waals surface area contributed by atoms with E-state index in [0.29, 0.717) is 12.2 Å². The molecular weight excluding hydrogens is 203 g/mol. The van der Waals surface area contributed by atoms with Crippen LogP contribution in [0, 0.1) is 0 Å². The molecular formula is C7H10F3NO3. The molecule has 2 atom stereocenters.